The minimum Gasteiger partial charge on any atom is -0.326 e. The third kappa shape index (κ3) is 3.74. The van der Waals surface area contributed by atoms with Gasteiger partial charge in [0, 0.05) is 33.8 Å². The van der Waals surface area contributed by atoms with E-state index < -0.39 is 0 Å². The van der Waals surface area contributed by atoms with E-state index >= 15 is 0 Å². The van der Waals surface area contributed by atoms with E-state index in [-0.39, 0.29) is 24.2 Å². The third-order valence-corrected chi connectivity index (χ3v) is 4.47. The van der Waals surface area contributed by atoms with E-state index in [9.17, 15) is 9.59 Å². The summed E-state index contributed by atoms with van der Waals surface area (Å²) in [4.78, 5) is 26.2. The Hall–Kier alpha value is -1.85. The highest BCUT2D eigenvalue weighted by Gasteiger charge is 2.35. The summed E-state index contributed by atoms with van der Waals surface area (Å²) in [6.07, 6.45) is 0.211. The summed E-state index contributed by atoms with van der Waals surface area (Å²) in [6, 6.07) is 14.4. The van der Waals surface area contributed by atoms with Crippen molar-refractivity contribution in [3.8, 4) is 0 Å². The molecular weight excluding hydrogens is 380 g/mol. The number of carbonyl (C=O) groups is 2. The van der Waals surface area contributed by atoms with E-state index in [0.717, 1.165) is 10.2 Å². The van der Waals surface area contributed by atoms with Gasteiger partial charge >= 0.3 is 0 Å². The number of anilines is 2. The van der Waals surface area contributed by atoms with E-state index in [1.807, 2.05) is 24.3 Å². The predicted molar refractivity (Wildman–Crippen MR) is 94.7 cm³/mol. The second-order valence-corrected chi connectivity index (χ2v) is 6.73. The monoisotopic (exact) mass is 392 g/mol. The minimum absolute atomic E-state index is 0.0540. The van der Waals surface area contributed by atoms with Crippen molar-refractivity contribution in [2.45, 2.75) is 6.42 Å². The van der Waals surface area contributed by atoms with Crippen molar-refractivity contribution in [2.75, 3.05) is 16.8 Å². The molecule has 0 bridgehead atoms. The van der Waals surface area contributed by atoms with Crippen LogP contribution in [0.5, 0.6) is 0 Å². The first-order valence-electron chi connectivity index (χ1n) is 7.15. The van der Waals surface area contributed by atoms with E-state index in [0.29, 0.717) is 17.3 Å². The Morgan fingerprint density at radius 2 is 1.96 bits per heavy atom. The largest absolute Gasteiger partial charge is 0.326 e. The summed E-state index contributed by atoms with van der Waals surface area (Å²) in [6.45, 7) is 0.375. The van der Waals surface area contributed by atoms with Crippen LogP contribution in [0, 0.1) is 5.92 Å². The average Bonchev–Trinajstić information content (AvgIpc) is 2.90. The normalized spacial score (nSPS) is 17.4. The van der Waals surface area contributed by atoms with Crippen LogP contribution < -0.4 is 10.2 Å². The molecule has 1 heterocycles. The van der Waals surface area contributed by atoms with Crippen LogP contribution in [0.2, 0.25) is 5.02 Å². The molecule has 3 rings (SSSR count). The van der Waals surface area contributed by atoms with E-state index in [1.165, 1.54) is 0 Å². The van der Waals surface area contributed by atoms with E-state index in [2.05, 4.69) is 21.2 Å². The maximum absolute atomic E-state index is 12.4. The summed E-state index contributed by atoms with van der Waals surface area (Å²) < 4.78 is 0.889. The van der Waals surface area contributed by atoms with Gasteiger partial charge in [0.2, 0.25) is 11.8 Å². The van der Waals surface area contributed by atoms with Gasteiger partial charge in [-0.05, 0) is 42.5 Å². The number of halogens is 2. The standard InChI is InChI=1S/C17H14BrClN2O2/c18-12-2-1-3-14(9-12)20-17(23)11-8-16(22)21(10-11)15-6-4-13(19)5-7-15/h1-7,9,11H,8,10H2,(H,20,23)/t11-/m1/s1. The fourth-order valence-electron chi connectivity index (χ4n) is 2.56. The lowest BCUT2D eigenvalue weighted by Gasteiger charge is -2.16. The molecule has 0 aliphatic carbocycles. The molecule has 4 nitrogen and oxygen atoms in total. The summed E-state index contributed by atoms with van der Waals surface area (Å²) in [5.41, 5.74) is 1.47. The van der Waals surface area contributed by atoms with Gasteiger partial charge in [-0.15, -0.1) is 0 Å². The first-order chi connectivity index (χ1) is 11.0. The lowest BCUT2D eigenvalue weighted by atomic mass is 10.1. The highest BCUT2D eigenvalue weighted by Crippen LogP contribution is 2.27. The van der Waals surface area contributed by atoms with Crippen LogP contribution in [-0.4, -0.2) is 18.4 Å². The van der Waals surface area contributed by atoms with Gasteiger partial charge in [-0.2, -0.15) is 0 Å². The summed E-state index contributed by atoms with van der Waals surface area (Å²) >= 11 is 9.23. The topological polar surface area (TPSA) is 49.4 Å². The van der Waals surface area contributed by atoms with Crippen molar-refractivity contribution in [3.63, 3.8) is 0 Å². The fourth-order valence-corrected chi connectivity index (χ4v) is 3.09. The van der Waals surface area contributed by atoms with Gasteiger partial charge in [-0.1, -0.05) is 33.6 Å². The number of nitrogens with one attached hydrogen (secondary N) is 1. The lowest BCUT2D eigenvalue weighted by Crippen LogP contribution is -2.28. The summed E-state index contributed by atoms with van der Waals surface area (Å²) in [7, 11) is 0. The molecule has 1 N–H and O–H groups in total. The van der Waals surface area contributed by atoms with Gasteiger partial charge in [0.1, 0.15) is 0 Å². The molecule has 1 saturated heterocycles. The van der Waals surface area contributed by atoms with Crippen LogP contribution in [0.25, 0.3) is 0 Å². The highest BCUT2D eigenvalue weighted by molar-refractivity contribution is 9.10. The van der Waals surface area contributed by atoms with Gasteiger partial charge in [-0.3, -0.25) is 9.59 Å². The van der Waals surface area contributed by atoms with Crippen molar-refractivity contribution in [3.05, 3.63) is 58.0 Å². The number of hydrogen-bond donors (Lipinski definition) is 1. The highest BCUT2D eigenvalue weighted by atomic mass is 79.9. The molecule has 0 unspecified atom stereocenters. The molecule has 2 aromatic carbocycles. The van der Waals surface area contributed by atoms with Crippen molar-refractivity contribution < 1.29 is 9.59 Å². The van der Waals surface area contributed by atoms with Crippen LogP contribution >= 0.6 is 27.5 Å². The zero-order chi connectivity index (χ0) is 16.4. The Morgan fingerprint density at radius 1 is 1.22 bits per heavy atom. The second kappa shape index (κ2) is 6.72. The van der Waals surface area contributed by atoms with E-state index in [1.54, 1.807) is 29.2 Å². The van der Waals surface area contributed by atoms with Crippen molar-refractivity contribution in [2.24, 2.45) is 5.92 Å². The number of amides is 2. The molecule has 2 amide bonds. The minimum atomic E-state index is -0.364. The number of rotatable bonds is 3. The van der Waals surface area contributed by atoms with Crippen molar-refractivity contribution in [1.29, 1.82) is 0 Å². The third-order valence-electron chi connectivity index (χ3n) is 3.73. The van der Waals surface area contributed by atoms with Crippen LogP contribution in [0.1, 0.15) is 6.42 Å². The lowest BCUT2D eigenvalue weighted by molar-refractivity contribution is -0.122. The maximum atomic E-state index is 12.4. The van der Waals surface area contributed by atoms with Gasteiger partial charge in [-0.25, -0.2) is 0 Å². The van der Waals surface area contributed by atoms with Crippen LogP contribution in [-0.2, 0) is 9.59 Å². The fraction of sp³-hybridized carbons (Fsp3) is 0.176. The predicted octanol–water partition coefficient (Wildman–Crippen LogP) is 4.09. The molecule has 1 aliphatic rings. The molecule has 0 saturated carbocycles. The zero-order valence-electron chi connectivity index (χ0n) is 12.1. The Labute approximate surface area is 147 Å². The molecule has 0 spiro atoms. The van der Waals surface area contributed by atoms with Gasteiger partial charge in [0.25, 0.3) is 0 Å². The van der Waals surface area contributed by atoms with Crippen molar-refractivity contribution >= 4 is 50.7 Å². The van der Waals surface area contributed by atoms with E-state index in [4.69, 9.17) is 11.6 Å². The second-order valence-electron chi connectivity index (χ2n) is 5.38. The molecule has 2 aromatic rings. The number of benzene rings is 2. The first kappa shape index (κ1) is 16.0. The number of hydrogen-bond acceptors (Lipinski definition) is 2. The average molecular weight is 394 g/mol. The van der Waals surface area contributed by atoms with Gasteiger partial charge in [0.15, 0.2) is 0 Å². The smallest absolute Gasteiger partial charge is 0.229 e. The Morgan fingerprint density at radius 3 is 2.65 bits per heavy atom. The van der Waals surface area contributed by atoms with Gasteiger partial charge < -0.3 is 10.2 Å². The molecule has 1 atom stereocenters. The number of carbonyl (C=O) groups excluding carboxylic acids is 2. The van der Waals surface area contributed by atoms with Crippen molar-refractivity contribution in [1.82, 2.24) is 0 Å². The zero-order valence-corrected chi connectivity index (χ0v) is 14.5. The molecule has 0 aromatic heterocycles. The SMILES string of the molecule is O=C(Nc1cccc(Br)c1)[C@@H]1CC(=O)N(c2ccc(Cl)cc2)C1. The molecule has 1 aliphatic heterocycles. The van der Waals surface area contributed by atoms with Gasteiger partial charge in [0.05, 0.1) is 5.92 Å². The Balaban J connectivity index is 1.69. The van der Waals surface area contributed by atoms with Crippen LogP contribution in [0.15, 0.2) is 53.0 Å². The Kier molecular flexibility index (Phi) is 4.68. The summed E-state index contributed by atoms with van der Waals surface area (Å²) in [5.74, 6) is -0.563. The molecule has 118 valence electrons. The molecule has 6 heteroatoms. The molecule has 0 radical (unpaired) electrons. The molecule has 1 fully saturated rings. The maximum Gasteiger partial charge on any atom is 0.229 e. The molecular formula is C17H14BrClN2O2. The number of nitrogens with zero attached hydrogens (tertiary/aromatic N) is 1. The first-order valence-corrected chi connectivity index (χ1v) is 8.32. The Bertz CT molecular complexity index is 749. The van der Waals surface area contributed by atoms with Crippen LogP contribution in [0.3, 0.4) is 0 Å². The summed E-state index contributed by atoms with van der Waals surface area (Å²) in [5, 5.41) is 3.47. The molecule has 23 heavy (non-hydrogen) atoms. The van der Waals surface area contributed by atoms with Crippen LogP contribution in [0.4, 0.5) is 11.4 Å². The quantitative estimate of drug-likeness (QED) is 0.854.